The third-order valence-electron chi connectivity index (χ3n) is 3.78. The molecule has 9 heteroatoms. The van der Waals surface area contributed by atoms with Crippen molar-refractivity contribution in [3.8, 4) is 0 Å². The van der Waals surface area contributed by atoms with Crippen LogP contribution >= 0.6 is 0 Å². The molecule has 1 aromatic rings. The van der Waals surface area contributed by atoms with Crippen molar-refractivity contribution in [2.75, 3.05) is 19.7 Å². The molecule has 0 aliphatic carbocycles. The fourth-order valence-electron chi connectivity index (χ4n) is 2.40. The highest BCUT2D eigenvalue weighted by Gasteiger charge is 2.22. The number of carbonyl (C=O) groups excluding carboxylic acids is 3. The Balaban J connectivity index is 1.67. The van der Waals surface area contributed by atoms with Crippen LogP contribution in [0.25, 0.3) is 0 Å². The van der Waals surface area contributed by atoms with E-state index in [2.05, 4.69) is 10.6 Å². The first-order chi connectivity index (χ1) is 12.0. The van der Waals surface area contributed by atoms with Crippen LogP contribution in [0.2, 0.25) is 0 Å². The minimum atomic E-state index is -0.574. The number of nitrogens with one attached hydrogen (secondary N) is 2. The number of rotatable bonds is 8. The summed E-state index contributed by atoms with van der Waals surface area (Å²) >= 11 is 0. The summed E-state index contributed by atoms with van der Waals surface area (Å²) in [5.41, 5.74) is 0.142. The van der Waals surface area contributed by atoms with E-state index < -0.39 is 16.8 Å². The van der Waals surface area contributed by atoms with Gasteiger partial charge in [0.05, 0.1) is 17.4 Å². The van der Waals surface area contributed by atoms with E-state index in [4.69, 9.17) is 4.74 Å². The number of nitro groups is 1. The quantitative estimate of drug-likeness (QED) is 0.399. The molecule has 1 aromatic carbocycles. The summed E-state index contributed by atoms with van der Waals surface area (Å²) < 4.78 is 4.89. The van der Waals surface area contributed by atoms with Crippen LogP contribution in [0, 0.1) is 10.1 Å². The van der Waals surface area contributed by atoms with Crippen LogP contribution in [0.4, 0.5) is 5.69 Å². The normalized spacial score (nSPS) is 16.2. The molecule has 0 radical (unpaired) electrons. The molecule has 9 nitrogen and oxygen atoms in total. The third-order valence-corrected chi connectivity index (χ3v) is 3.78. The predicted octanol–water partition coefficient (Wildman–Crippen LogP) is 0.579. The van der Waals surface area contributed by atoms with Gasteiger partial charge < -0.3 is 15.4 Å². The number of nitro benzene ring substituents is 1. The van der Waals surface area contributed by atoms with Gasteiger partial charge in [0.25, 0.3) is 11.6 Å². The molecule has 1 heterocycles. The van der Waals surface area contributed by atoms with E-state index in [1.807, 2.05) is 0 Å². The lowest BCUT2D eigenvalue weighted by atomic mass is 10.1. The Bertz CT molecular complexity index is 652. The van der Waals surface area contributed by atoms with E-state index in [1.54, 1.807) is 0 Å². The molecule has 1 aliphatic heterocycles. The van der Waals surface area contributed by atoms with Crippen LogP contribution < -0.4 is 10.6 Å². The average Bonchev–Trinajstić information content (AvgIpc) is 3.14. The molecule has 0 aromatic heterocycles. The summed E-state index contributed by atoms with van der Waals surface area (Å²) in [6.45, 7) is 0.566. The second-order valence-corrected chi connectivity index (χ2v) is 5.59. The molecule has 25 heavy (non-hydrogen) atoms. The lowest BCUT2D eigenvalue weighted by Crippen LogP contribution is -2.34. The maximum atomic E-state index is 11.9. The molecule has 1 unspecified atom stereocenters. The third kappa shape index (κ3) is 5.64. The zero-order valence-electron chi connectivity index (χ0n) is 13.5. The largest absolute Gasteiger partial charge is 0.458 e. The first-order valence-corrected chi connectivity index (χ1v) is 7.92. The highest BCUT2D eigenvalue weighted by atomic mass is 16.6. The van der Waals surface area contributed by atoms with Crippen LogP contribution in [-0.4, -0.2) is 48.3 Å². The zero-order valence-corrected chi connectivity index (χ0v) is 13.5. The van der Waals surface area contributed by atoms with Gasteiger partial charge in [-0.2, -0.15) is 0 Å². The summed E-state index contributed by atoms with van der Waals surface area (Å²) in [6.07, 6.45) is 1.62. The standard InChI is InChI=1S/C16H19N3O6/c20-14(13-2-1-8-17-13)10-25-15(21)7-9-18-16(22)11-3-5-12(6-4-11)19(23)24/h3-6,13,17H,1-2,7-10H2,(H,18,22). The van der Waals surface area contributed by atoms with Crippen molar-refractivity contribution >= 4 is 23.3 Å². The van der Waals surface area contributed by atoms with Crippen LogP contribution in [-0.2, 0) is 14.3 Å². The summed E-state index contributed by atoms with van der Waals surface area (Å²) in [4.78, 5) is 45.2. The SMILES string of the molecule is O=C(CCNC(=O)c1ccc([N+](=O)[O-])cc1)OCC(=O)C1CCCN1. The zero-order chi connectivity index (χ0) is 18.2. The van der Waals surface area contributed by atoms with Gasteiger partial charge in [0.1, 0.15) is 0 Å². The molecule has 0 saturated carbocycles. The minimum Gasteiger partial charge on any atom is -0.458 e. The number of amides is 1. The van der Waals surface area contributed by atoms with Crippen molar-refractivity contribution in [3.63, 3.8) is 0 Å². The molecule has 1 fully saturated rings. The summed E-state index contributed by atoms with van der Waals surface area (Å²) in [5, 5.41) is 16.1. The van der Waals surface area contributed by atoms with E-state index in [0.29, 0.717) is 0 Å². The van der Waals surface area contributed by atoms with E-state index in [1.165, 1.54) is 24.3 Å². The van der Waals surface area contributed by atoms with Crippen LogP contribution in [0.3, 0.4) is 0 Å². The summed E-state index contributed by atoms with van der Waals surface area (Å²) in [5.74, 6) is -1.18. The van der Waals surface area contributed by atoms with Crippen molar-refractivity contribution in [1.29, 1.82) is 0 Å². The van der Waals surface area contributed by atoms with Gasteiger partial charge >= 0.3 is 5.97 Å². The summed E-state index contributed by atoms with van der Waals surface area (Å²) in [6, 6.07) is 4.88. The lowest BCUT2D eigenvalue weighted by molar-refractivity contribution is -0.384. The highest BCUT2D eigenvalue weighted by Crippen LogP contribution is 2.11. The Morgan fingerprint density at radius 1 is 1.28 bits per heavy atom. The highest BCUT2D eigenvalue weighted by molar-refractivity contribution is 5.94. The maximum absolute atomic E-state index is 11.9. The van der Waals surface area contributed by atoms with Gasteiger partial charge in [-0.3, -0.25) is 24.5 Å². The number of Topliss-reactive ketones (excluding diaryl/α,β-unsaturated/α-hetero) is 1. The molecule has 0 bridgehead atoms. The fraction of sp³-hybridized carbons (Fsp3) is 0.438. The monoisotopic (exact) mass is 349 g/mol. The van der Waals surface area contributed by atoms with E-state index >= 15 is 0 Å². The molecule has 1 atom stereocenters. The number of ketones is 1. The van der Waals surface area contributed by atoms with E-state index in [0.717, 1.165) is 19.4 Å². The van der Waals surface area contributed by atoms with Crippen molar-refractivity contribution in [2.45, 2.75) is 25.3 Å². The molecule has 0 spiro atoms. The van der Waals surface area contributed by atoms with Crippen LogP contribution in [0.15, 0.2) is 24.3 Å². The molecule has 134 valence electrons. The van der Waals surface area contributed by atoms with Crippen molar-refractivity contribution < 1.29 is 24.0 Å². The van der Waals surface area contributed by atoms with Crippen LogP contribution in [0.5, 0.6) is 0 Å². The van der Waals surface area contributed by atoms with Gasteiger partial charge in [-0.15, -0.1) is 0 Å². The van der Waals surface area contributed by atoms with Crippen molar-refractivity contribution in [3.05, 3.63) is 39.9 Å². The van der Waals surface area contributed by atoms with Gasteiger partial charge in [0.15, 0.2) is 12.4 Å². The molecule has 1 aliphatic rings. The summed E-state index contributed by atoms with van der Waals surface area (Å²) in [7, 11) is 0. The first-order valence-electron chi connectivity index (χ1n) is 7.92. The maximum Gasteiger partial charge on any atom is 0.308 e. The molecular formula is C16H19N3O6. The fourth-order valence-corrected chi connectivity index (χ4v) is 2.40. The number of nitrogens with zero attached hydrogens (tertiary/aromatic N) is 1. The molecule has 2 N–H and O–H groups in total. The topological polar surface area (TPSA) is 128 Å². The van der Waals surface area contributed by atoms with E-state index in [-0.39, 0.29) is 42.6 Å². The Hall–Kier alpha value is -2.81. The van der Waals surface area contributed by atoms with E-state index in [9.17, 15) is 24.5 Å². The first kappa shape index (κ1) is 18.5. The minimum absolute atomic E-state index is 0.0462. The number of esters is 1. The Morgan fingerprint density at radius 3 is 2.60 bits per heavy atom. The Kier molecular flexibility index (Phi) is 6.58. The van der Waals surface area contributed by atoms with Gasteiger partial charge in [-0.25, -0.2) is 0 Å². The van der Waals surface area contributed by atoms with Gasteiger partial charge in [0, 0.05) is 24.2 Å². The molecule has 1 saturated heterocycles. The lowest BCUT2D eigenvalue weighted by Gasteiger charge is -2.09. The van der Waals surface area contributed by atoms with Gasteiger partial charge in [-0.1, -0.05) is 0 Å². The second kappa shape index (κ2) is 8.88. The molecule has 2 rings (SSSR count). The predicted molar refractivity (Wildman–Crippen MR) is 87.0 cm³/mol. The van der Waals surface area contributed by atoms with Crippen molar-refractivity contribution in [1.82, 2.24) is 10.6 Å². The Morgan fingerprint density at radius 2 is 2.00 bits per heavy atom. The number of ether oxygens (including phenoxy) is 1. The van der Waals surface area contributed by atoms with Crippen LogP contribution in [0.1, 0.15) is 29.6 Å². The second-order valence-electron chi connectivity index (χ2n) is 5.59. The number of non-ortho nitro benzene ring substituents is 1. The molecular weight excluding hydrogens is 330 g/mol. The number of carbonyl (C=O) groups is 3. The average molecular weight is 349 g/mol. The molecule has 1 amide bonds. The number of hydrogen-bond acceptors (Lipinski definition) is 7. The van der Waals surface area contributed by atoms with Gasteiger partial charge in [0.2, 0.25) is 0 Å². The smallest absolute Gasteiger partial charge is 0.308 e. The van der Waals surface area contributed by atoms with Gasteiger partial charge in [-0.05, 0) is 31.5 Å². The Labute approximate surface area is 143 Å². The number of benzene rings is 1. The number of hydrogen-bond donors (Lipinski definition) is 2. The van der Waals surface area contributed by atoms with Crippen molar-refractivity contribution in [2.24, 2.45) is 0 Å².